The Balaban J connectivity index is 2.12. The van der Waals surface area contributed by atoms with Crippen LogP contribution in [0.25, 0.3) is 0 Å². The number of aliphatic hydroxyl groups is 2. The second kappa shape index (κ2) is 8.71. The van der Waals surface area contributed by atoms with E-state index in [9.17, 15) is 9.90 Å². The lowest BCUT2D eigenvalue weighted by molar-refractivity contribution is -0.148. The van der Waals surface area contributed by atoms with Crippen LogP contribution in [0.4, 0.5) is 0 Å². The average Bonchev–Trinajstić information content (AvgIpc) is 2.79. The van der Waals surface area contributed by atoms with Gasteiger partial charge in [-0.25, -0.2) is 0 Å². The molecule has 4 nitrogen and oxygen atoms in total. The summed E-state index contributed by atoms with van der Waals surface area (Å²) in [6.07, 6.45) is 4.14. The molecule has 2 N–H and O–H groups in total. The first-order valence-electron chi connectivity index (χ1n) is 8.41. The number of amides is 1. The minimum atomic E-state index is -1.06. The van der Waals surface area contributed by atoms with Gasteiger partial charge in [0.25, 0.3) is 0 Å². The first kappa shape index (κ1) is 18.3. The summed E-state index contributed by atoms with van der Waals surface area (Å²) in [6.45, 7) is 2.63. The molecule has 0 aromatic heterocycles. The number of carbonyl (C=O) groups is 1. The van der Waals surface area contributed by atoms with Crippen LogP contribution in [0.15, 0.2) is 30.3 Å². The predicted octanol–water partition coefficient (Wildman–Crippen LogP) is 2.78. The van der Waals surface area contributed by atoms with Gasteiger partial charge >= 0.3 is 0 Å². The number of benzene rings is 1. The van der Waals surface area contributed by atoms with Crippen LogP contribution >= 0.6 is 11.8 Å². The zero-order chi connectivity index (χ0) is 16.7. The summed E-state index contributed by atoms with van der Waals surface area (Å²) in [7, 11) is 0. The molecule has 0 bridgehead atoms. The maximum absolute atomic E-state index is 12.7. The number of unbranched alkanes of at least 4 members (excludes halogenated alkanes) is 2. The van der Waals surface area contributed by atoms with Crippen LogP contribution < -0.4 is 0 Å². The Bertz CT molecular complexity index is 496. The molecule has 1 heterocycles. The van der Waals surface area contributed by atoms with Gasteiger partial charge in [0, 0.05) is 18.7 Å². The van der Waals surface area contributed by atoms with Crippen molar-refractivity contribution in [3.63, 3.8) is 0 Å². The van der Waals surface area contributed by atoms with E-state index in [0.717, 1.165) is 24.8 Å². The maximum atomic E-state index is 12.7. The molecule has 0 saturated carbocycles. The van der Waals surface area contributed by atoms with E-state index in [-0.39, 0.29) is 17.8 Å². The highest BCUT2D eigenvalue weighted by Crippen LogP contribution is 2.39. The van der Waals surface area contributed by atoms with Crippen molar-refractivity contribution in [3.05, 3.63) is 35.9 Å². The van der Waals surface area contributed by atoms with Gasteiger partial charge < -0.3 is 15.1 Å². The van der Waals surface area contributed by atoms with Crippen LogP contribution in [0.5, 0.6) is 0 Å². The van der Waals surface area contributed by atoms with Crippen LogP contribution in [0.3, 0.4) is 0 Å². The van der Waals surface area contributed by atoms with Gasteiger partial charge in [0.2, 0.25) is 5.91 Å². The minimum Gasteiger partial charge on any atom is -0.396 e. The molecule has 128 valence electrons. The van der Waals surface area contributed by atoms with Crippen LogP contribution in [-0.2, 0) is 11.3 Å². The number of aliphatic hydroxyl groups excluding tert-OH is 1. The smallest absolute Gasteiger partial charge is 0.238 e. The number of hydrogen-bond donors (Lipinski definition) is 2. The summed E-state index contributed by atoms with van der Waals surface area (Å²) in [5.41, 5.74) is -0.0301. The average molecular weight is 337 g/mol. The molecule has 2 atom stereocenters. The molecule has 1 fully saturated rings. The minimum absolute atomic E-state index is 0.00805. The van der Waals surface area contributed by atoms with Gasteiger partial charge in [-0.3, -0.25) is 4.79 Å². The fourth-order valence-corrected chi connectivity index (χ4v) is 4.13. The highest BCUT2D eigenvalue weighted by Gasteiger charge is 2.49. The third kappa shape index (κ3) is 4.72. The molecule has 1 amide bonds. The summed E-state index contributed by atoms with van der Waals surface area (Å²) in [6, 6.07) is 9.80. The molecule has 1 aliphatic heterocycles. The zero-order valence-electron chi connectivity index (χ0n) is 13.8. The van der Waals surface area contributed by atoms with Crippen molar-refractivity contribution in [2.45, 2.75) is 56.5 Å². The number of thioether (sulfide) groups is 1. The largest absolute Gasteiger partial charge is 0.396 e. The summed E-state index contributed by atoms with van der Waals surface area (Å²) < 4.78 is 0. The molecule has 0 radical (unpaired) electrons. The quantitative estimate of drug-likeness (QED) is 0.680. The number of rotatable bonds is 9. The van der Waals surface area contributed by atoms with E-state index in [1.165, 1.54) is 11.8 Å². The fraction of sp³-hybridized carbons (Fsp3) is 0.611. The van der Waals surface area contributed by atoms with Crippen molar-refractivity contribution in [2.24, 2.45) is 0 Å². The van der Waals surface area contributed by atoms with Crippen LogP contribution in [-0.4, -0.2) is 44.4 Å². The molecule has 2 rings (SSSR count). The molecular weight excluding hydrogens is 310 g/mol. The molecule has 5 heteroatoms. The van der Waals surface area contributed by atoms with Gasteiger partial charge in [0.1, 0.15) is 5.72 Å². The third-order valence-electron chi connectivity index (χ3n) is 4.33. The monoisotopic (exact) mass is 337 g/mol. The van der Waals surface area contributed by atoms with Gasteiger partial charge in [-0.2, -0.15) is 0 Å². The molecule has 1 aromatic rings. The SMILES string of the molecule is CCCCCC1(O)CC(SCCO)C(=O)N1Cc1ccccc1. The van der Waals surface area contributed by atoms with Crippen LogP contribution in [0.1, 0.15) is 44.6 Å². The first-order chi connectivity index (χ1) is 11.1. The Labute approximate surface area is 142 Å². The van der Waals surface area contributed by atoms with Crippen molar-refractivity contribution in [3.8, 4) is 0 Å². The standard InChI is InChI=1S/C18H27NO3S/c1-2-3-7-10-18(22)13-16(23-12-11-20)17(21)19(18)14-15-8-5-4-6-9-15/h4-6,8-9,16,20,22H,2-3,7,10-14H2,1H3. The lowest BCUT2D eigenvalue weighted by Crippen LogP contribution is -2.45. The van der Waals surface area contributed by atoms with Crippen molar-refractivity contribution < 1.29 is 15.0 Å². The first-order valence-corrected chi connectivity index (χ1v) is 9.46. The molecule has 1 saturated heterocycles. The van der Waals surface area contributed by atoms with E-state index in [2.05, 4.69) is 6.92 Å². The van der Waals surface area contributed by atoms with E-state index in [0.29, 0.717) is 25.1 Å². The Morgan fingerprint density at radius 2 is 2.04 bits per heavy atom. The Morgan fingerprint density at radius 1 is 1.30 bits per heavy atom. The Morgan fingerprint density at radius 3 is 2.70 bits per heavy atom. The summed E-state index contributed by atoms with van der Waals surface area (Å²) in [5.74, 6) is 0.520. The van der Waals surface area contributed by atoms with Gasteiger partial charge in [0.15, 0.2) is 0 Å². The predicted molar refractivity (Wildman–Crippen MR) is 94.0 cm³/mol. The normalized spacial score (nSPS) is 24.4. The topological polar surface area (TPSA) is 60.8 Å². The van der Waals surface area contributed by atoms with E-state index < -0.39 is 5.72 Å². The van der Waals surface area contributed by atoms with Gasteiger partial charge in [-0.05, 0) is 18.4 Å². The van der Waals surface area contributed by atoms with E-state index in [1.807, 2.05) is 30.3 Å². The number of carbonyl (C=O) groups excluding carboxylic acids is 1. The van der Waals surface area contributed by atoms with Gasteiger partial charge in [0.05, 0.1) is 11.9 Å². The van der Waals surface area contributed by atoms with Crippen LogP contribution in [0, 0.1) is 0 Å². The molecule has 0 aliphatic carbocycles. The van der Waals surface area contributed by atoms with Crippen LogP contribution in [0.2, 0.25) is 0 Å². The van der Waals surface area contributed by atoms with Crippen molar-refractivity contribution >= 4 is 17.7 Å². The second-order valence-electron chi connectivity index (χ2n) is 6.14. The molecule has 1 aliphatic rings. The Hall–Kier alpha value is -1.04. The molecule has 23 heavy (non-hydrogen) atoms. The summed E-state index contributed by atoms with van der Waals surface area (Å²) >= 11 is 1.45. The van der Waals surface area contributed by atoms with E-state index in [4.69, 9.17) is 5.11 Å². The summed E-state index contributed by atoms with van der Waals surface area (Å²) in [5, 5.41) is 19.9. The number of hydrogen-bond acceptors (Lipinski definition) is 4. The summed E-state index contributed by atoms with van der Waals surface area (Å²) in [4.78, 5) is 14.4. The highest BCUT2D eigenvalue weighted by molar-refractivity contribution is 8.00. The third-order valence-corrected chi connectivity index (χ3v) is 5.52. The highest BCUT2D eigenvalue weighted by atomic mass is 32.2. The molecular formula is C18H27NO3S. The van der Waals surface area contributed by atoms with Crippen molar-refractivity contribution in [2.75, 3.05) is 12.4 Å². The number of likely N-dealkylation sites (tertiary alicyclic amines) is 1. The second-order valence-corrected chi connectivity index (χ2v) is 7.45. The molecule has 2 unspecified atom stereocenters. The Kier molecular flexibility index (Phi) is 6.93. The van der Waals surface area contributed by atoms with Gasteiger partial charge in [-0.1, -0.05) is 50.1 Å². The molecule has 0 spiro atoms. The molecule has 1 aromatic carbocycles. The van der Waals surface area contributed by atoms with Crippen molar-refractivity contribution in [1.29, 1.82) is 0 Å². The van der Waals surface area contributed by atoms with E-state index in [1.54, 1.807) is 4.90 Å². The van der Waals surface area contributed by atoms with Crippen molar-refractivity contribution in [1.82, 2.24) is 4.90 Å². The van der Waals surface area contributed by atoms with Gasteiger partial charge in [-0.15, -0.1) is 11.8 Å². The number of nitrogens with zero attached hydrogens (tertiary/aromatic N) is 1. The fourth-order valence-electron chi connectivity index (χ4n) is 3.08. The zero-order valence-corrected chi connectivity index (χ0v) is 14.6. The maximum Gasteiger partial charge on any atom is 0.238 e. The lowest BCUT2D eigenvalue weighted by Gasteiger charge is -2.33. The lowest BCUT2D eigenvalue weighted by atomic mass is 10.0. The van der Waals surface area contributed by atoms with E-state index >= 15 is 0 Å².